The van der Waals surface area contributed by atoms with Crippen LogP contribution in [0.1, 0.15) is 22.3 Å². The summed E-state index contributed by atoms with van der Waals surface area (Å²) in [7, 11) is 4.38. The summed E-state index contributed by atoms with van der Waals surface area (Å²) in [6.45, 7) is 0. The molecule has 0 bridgehead atoms. The Bertz CT molecular complexity index is 925. The molecule has 1 N–H and O–H groups in total. The van der Waals surface area contributed by atoms with Crippen LogP contribution in [0.3, 0.4) is 0 Å². The van der Waals surface area contributed by atoms with Crippen LogP contribution in [0, 0.1) is 0 Å². The fourth-order valence-corrected chi connectivity index (χ4v) is 2.80. The maximum Gasteiger partial charge on any atom is 0.339 e. The van der Waals surface area contributed by atoms with Crippen molar-refractivity contribution in [2.45, 2.75) is 12.5 Å². The van der Waals surface area contributed by atoms with Gasteiger partial charge in [-0.05, 0) is 30.3 Å². The van der Waals surface area contributed by atoms with Crippen LogP contribution in [0.15, 0.2) is 47.6 Å². The number of nitrogens with one attached hydrogen (secondary N) is 1. The monoisotopic (exact) mass is 384 g/mol. The van der Waals surface area contributed by atoms with Crippen LogP contribution in [-0.2, 0) is 14.4 Å². The van der Waals surface area contributed by atoms with E-state index >= 15 is 0 Å². The van der Waals surface area contributed by atoms with Crippen LogP contribution in [0.2, 0.25) is 0 Å². The van der Waals surface area contributed by atoms with Crippen molar-refractivity contribution in [3.63, 3.8) is 0 Å². The highest BCUT2D eigenvalue weighted by Crippen LogP contribution is 2.29. The summed E-state index contributed by atoms with van der Waals surface area (Å²) in [5, 5.41) is 6.72. The lowest BCUT2D eigenvalue weighted by Crippen LogP contribution is -2.28. The van der Waals surface area contributed by atoms with Gasteiger partial charge in [-0.3, -0.25) is 4.79 Å². The molecule has 0 saturated carbocycles. The van der Waals surface area contributed by atoms with Crippen LogP contribution >= 0.6 is 0 Å². The molecule has 0 aromatic heterocycles. The number of esters is 1. The fourth-order valence-electron chi connectivity index (χ4n) is 2.80. The van der Waals surface area contributed by atoms with Gasteiger partial charge < -0.3 is 24.4 Å². The van der Waals surface area contributed by atoms with Crippen molar-refractivity contribution >= 4 is 23.3 Å². The smallest absolute Gasteiger partial charge is 0.339 e. The predicted octanol–water partition coefficient (Wildman–Crippen LogP) is 2.62. The Balaban J connectivity index is 1.70. The third kappa shape index (κ3) is 3.90. The summed E-state index contributed by atoms with van der Waals surface area (Å²) in [6, 6.07) is 11.9. The molecule has 1 amide bonds. The third-order valence-corrected chi connectivity index (χ3v) is 4.27. The highest BCUT2D eigenvalue weighted by molar-refractivity contribution is 6.08. The lowest BCUT2D eigenvalue weighted by atomic mass is 10.0. The van der Waals surface area contributed by atoms with Gasteiger partial charge in [0, 0.05) is 12.0 Å². The molecular formula is C20H20N2O6. The standard InChI is InChI=1S/C20H20N2O6/c1-25-16-9-8-12(10-17(16)26-2)15-11-18(28-22-15)19(23)21-14-7-5-4-6-13(14)20(24)27-3/h4-10,18H,11H2,1-3H3,(H,21,23). The molecular weight excluding hydrogens is 364 g/mol. The average Bonchev–Trinajstić information content (AvgIpc) is 3.23. The summed E-state index contributed by atoms with van der Waals surface area (Å²) in [5.74, 6) is 0.211. The van der Waals surface area contributed by atoms with E-state index in [1.54, 1.807) is 50.6 Å². The molecule has 2 aromatic rings. The number of methoxy groups -OCH3 is 3. The van der Waals surface area contributed by atoms with E-state index < -0.39 is 18.0 Å². The van der Waals surface area contributed by atoms with Gasteiger partial charge in [-0.25, -0.2) is 4.79 Å². The largest absolute Gasteiger partial charge is 0.493 e. The zero-order valence-electron chi connectivity index (χ0n) is 15.7. The highest BCUT2D eigenvalue weighted by Gasteiger charge is 2.30. The third-order valence-electron chi connectivity index (χ3n) is 4.27. The topological polar surface area (TPSA) is 95.5 Å². The molecule has 0 radical (unpaired) electrons. The van der Waals surface area contributed by atoms with Crippen LogP contribution < -0.4 is 14.8 Å². The van der Waals surface area contributed by atoms with Gasteiger partial charge in [-0.15, -0.1) is 0 Å². The number of para-hydroxylation sites is 1. The van der Waals surface area contributed by atoms with Crippen molar-refractivity contribution in [1.29, 1.82) is 0 Å². The number of ether oxygens (including phenoxy) is 3. The Morgan fingerprint density at radius 1 is 1.07 bits per heavy atom. The van der Waals surface area contributed by atoms with Crippen molar-refractivity contribution in [3.05, 3.63) is 53.6 Å². The van der Waals surface area contributed by atoms with Gasteiger partial charge in [-0.2, -0.15) is 0 Å². The summed E-state index contributed by atoms with van der Waals surface area (Å²) in [5.41, 5.74) is 1.99. The van der Waals surface area contributed by atoms with Gasteiger partial charge in [0.05, 0.1) is 38.3 Å². The van der Waals surface area contributed by atoms with Gasteiger partial charge in [0.2, 0.25) is 6.10 Å². The molecule has 2 aromatic carbocycles. The summed E-state index contributed by atoms with van der Waals surface area (Å²) in [4.78, 5) is 29.7. The van der Waals surface area contributed by atoms with E-state index in [9.17, 15) is 9.59 Å². The molecule has 8 nitrogen and oxygen atoms in total. The van der Waals surface area contributed by atoms with Gasteiger partial charge in [-0.1, -0.05) is 17.3 Å². The van der Waals surface area contributed by atoms with Gasteiger partial charge in [0.1, 0.15) is 0 Å². The number of nitrogens with zero attached hydrogens (tertiary/aromatic N) is 1. The Kier molecular flexibility index (Phi) is 5.78. The summed E-state index contributed by atoms with van der Waals surface area (Å²) < 4.78 is 15.2. The van der Waals surface area contributed by atoms with Crippen molar-refractivity contribution in [2.75, 3.05) is 26.6 Å². The zero-order valence-corrected chi connectivity index (χ0v) is 15.7. The molecule has 0 saturated heterocycles. The van der Waals surface area contributed by atoms with E-state index in [1.165, 1.54) is 7.11 Å². The Hall–Kier alpha value is -3.55. The number of amides is 1. The second-order valence-electron chi connectivity index (χ2n) is 5.93. The van der Waals surface area contributed by atoms with Crippen LogP contribution in [-0.4, -0.2) is 45.0 Å². The number of hydrogen-bond donors (Lipinski definition) is 1. The molecule has 3 rings (SSSR count). The number of benzene rings is 2. The Labute approximate surface area is 162 Å². The van der Waals surface area contributed by atoms with Crippen LogP contribution in [0.5, 0.6) is 11.5 Å². The first-order valence-corrected chi connectivity index (χ1v) is 8.50. The van der Waals surface area contributed by atoms with Gasteiger partial charge in [0.15, 0.2) is 11.5 Å². The van der Waals surface area contributed by atoms with E-state index in [0.29, 0.717) is 22.9 Å². The van der Waals surface area contributed by atoms with Gasteiger partial charge in [0.25, 0.3) is 5.91 Å². The van der Waals surface area contributed by atoms with E-state index in [2.05, 4.69) is 10.5 Å². The first-order chi connectivity index (χ1) is 13.6. The van der Waals surface area contributed by atoms with E-state index in [1.807, 2.05) is 6.07 Å². The second kappa shape index (κ2) is 8.43. The number of anilines is 1. The van der Waals surface area contributed by atoms with E-state index in [0.717, 1.165) is 5.56 Å². The number of carbonyl (C=O) groups is 2. The van der Waals surface area contributed by atoms with E-state index in [-0.39, 0.29) is 12.0 Å². The molecule has 0 aliphatic carbocycles. The SMILES string of the molecule is COC(=O)c1ccccc1NC(=O)C1CC(c2ccc(OC)c(OC)c2)=NO1. The maximum absolute atomic E-state index is 12.6. The number of oxime groups is 1. The lowest BCUT2D eigenvalue weighted by Gasteiger charge is -2.12. The first-order valence-electron chi connectivity index (χ1n) is 8.50. The second-order valence-corrected chi connectivity index (χ2v) is 5.93. The molecule has 146 valence electrons. The quantitative estimate of drug-likeness (QED) is 0.770. The lowest BCUT2D eigenvalue weighted by molar-refractivity contribution is -0.125. The van der Waals surface area contributed by atoms with Crippen molar-refractivity contribution in [3.8, 4) is 11.5 Å². The highest BCUT2D eigenvalue weighted by atomic mass is 16.6. The van der Waals surface area contributed by atoms with Crippen LogP contribution in [0.25, 0.3) is 0 Å². The average molecular weight is 384 g/mol. The molecule has 1 atom stereocenters. The zero-order chi connectivity index (χ0) is 20.1. The Morgan fingerprint density at radius 3 is 2.54 bits per heavy atom. The number of hydrogen-bond acceptors (Lipinski definition) is 7. The molecule has 0 fully saturated rings. The maximum atomic E-state index is 12.6. The van der Waals surface area contributed by atoms with Gasteiger partial charge >= 0.3 is 5.97 Å². The Morgan fingerprint density at radius 2 is 1.82 bits per heavy atom. The van der Waals surface area contributed by atoms with Crippen molar-refractivity contribution < 1.29 is 28.6 Å². The summed E-state index contributed by atoms with van der Waals surface area (Å²) >= 11 is 0. The fraction of sp³-hybridized carbons (Fsp3) is 0.250. The normalized spacial score (nSPS) is 15.2. The molecule has 1 aliphatic rings. The molecule has 28 heavy (non-hydrogen) atoms. The minimum atomic E-state index is -0.811. The minimum Gasteiger partial charge on any atom is -0.493 e. The molecule has 1 heterocycles. The van der Waals surface area contributed by atoms with Crippen molar-refractivity contribution in [2.24, 2.45) is 5.16 Å². The number of carbonyl (C=O) groups excluding carboxylic acids is 2. The molecule has 1 aliphatic heterocycles. The number of rotatable bonds is 6. The van der Waals surface area contributed by atoms with Crippen LogP contribution in [0.4, 0.5) is 5.69 Å². The van der Waals surface area contributed by atoms with E-state index in [4.69, 9.17) is 19.0 Å². The summed E-state index contributed by atoms with van der Waals surface area (Å²) in [6.07, 6.45) is -0.532. The first kappa shape index (κ1) is 19.2. The minimum absolute atomic E-state index is 0.261. The molecule has 0 spiro atoms. The van der Waals surface area contributed by atoms with Crippen molar-refractivity contribution in [1.82, 2.24) is 0 Å². The predicted molar refractivity (Wildman–Crippen MR) is 102 cm³/mol. The molecule has 1 unspecified atom stereocenters. The molecule has 8 heteroatoms.